The Kier molecular flexibility index (Phi) is 5.04. The van der Waals surface area contributed by atoms with Crippen molar-refractivity contribution < 1.29 is 9.53 Å². The summed E-state index contributed by atoms with van der Waals surface area (Å²) in [4.78, 5) is 14.0. The number of nitriles is 1. The zero-order chi connectivity index (χ0) is 15.2. The molecule has 0 atom stereocenters. The molecule has 1 aromatic carbocycles. The average molecular weight is 287 g/mol. The minimum atomic E-state index is -0.0177. The molecule has 0 aliphatic heterocycles. The number of benzene rings is 1. The van der Waals surface area contributed by atoms with E-state index in [1.54, 1.807) is 24.3 Å². The van der Waals surface area contributed by atoms with Gasteiger partial charge in [0.05, 0.1) is 18.2 Å². The number of carbonyl (C=O) groups is 1. The van der Waals surface area contributed by atoms with Gasteiger partial charge in [0.1, 0.15) is 12.4 Å². The van der Waals surface area contributed by atoms with E-state index in [-0.39, 0.29) is 12.1 Å². The summed E-state index contributed by atoms with van der Waals surface area (Å²) < 4.78 is 5.53. The molecule has 0 saturated heterocycles. The van der Waals surface area contributed by atoms with Gasteiger partial charge in [-0.15, -0.1) is 0 Å². The van der Waals surface area contributed by atoms with Crippen molar-refractivity contribution in [2.24, 2.45) is 0 Å². The zero-order valence-electron chi connectivity index (χ0n) is 12.5. The second kappa shape index (κ2) is 6.98. The predicted octanol–water partition coefficient (Wildman–Crippen LogP) is 2.52. The minimum Gasteiger partial charge on any atom is -0.492 e. The lowest BCUT2D eigenvalue weighted by atomic mass is 10.2. The number of urea groups is 1. The van der Waals surface area contributed by atoms with Crippen LogP contribution in [0.1, 0.15) is 32.3 Å². The van der Waals surface area contributed by atoms with Gasteiger partial charge in [0.2, 0.25) is 0 Å². The van der Waals surface area contributed by atoms with Crippen LogP contribution in [0.4, 0.5) is 4.79 Å². The van der Waals surface area contributed by atoms with Crippen LogP contribution in [0.25, 0.3) is 0 Å². The summed E-state index contributed by atoms with van der Waals surface area (Å²) in [5.74, 6) is 0.700. The second-order valence-electron chi connectivity index (χ2n) is 5.45. The summed E-state index contributed by atoms with van der Waals surface area (Å²) >= 11 is 0. The largest absolute Gasteiger partial charge is 0.492 e. The third-order valence-electron chi connectivity index (χ3n) is 3.36. The molecule has 1 saturated carbocycles. The van der Waals surface area contributed by atoms with E-state index in [1.807, 2.05) is 18.7 Å². The molecule has 1 N–H and O–H groups in total. The Morgan fingerprint density at radius 3 is 2.62 bits per heavy atom. The molecule has 2 rings (SSSR count). The molecule has 0 radical (unpaired) electrons. The summed E-state index contributed by atoms with van der Waals surface area (Å²) in [5.41, 5.74) is 0.604. The van der Waals surface area contributed by atoms with E-state index in [9.17, 15) is 4.79 Å². The highest BCUT2D eigenvalue weighted by molar-refractivity contribution is 5.75. The number of ether oxygens (including phenoxy) is 1. The van der Waals surface area contributed by atoms with E-state index >= 15 is 0 Å². The van der Waals surface area contributed by atoms with Crippen LogP contribution in [-0.2, 0) is 0 Å². The Balaban J connectivity index is 1.71. The molecule has 0 aromatic heterocycles. The van der Waals surface area contributed by atoms with E-state index in [1.165, 1.54) is 0 Å². The molecule has 1 aliphatic carbocycles. The van der Waals surface area contributed by atoms with Gasteiger partial charge in [-0.05, 0) is 51.0 Å². The maximum absolute atomic E-state index is 12.1. The van der Waals surface area contributed by atoms with Crippen molar-refractivity contribution >= 4 is 6.03 Å². The second-order valence-corrected chi connectivity index (χ2v) is 5.45. The molecule has 5 nitrogen and oxygen atoms in total. The third kappa shape index (κ3) is 4.38. The van der Waals surface area contributed by atoms with Crippen molar-refractivity contribution in [1.82, 2.24) is 10.2 Å². The maximum atomic E-state index is 12.1. The summed E-state index contributed by atoms with van der Waals surface area (Å²) in [7, 11) is 0. The topological polar surface area (TPSA) is 65.4 Å². The molecule has 0 bridgehead atoms. The van der Waals surface area contributed by atoms with Crippen molar-refractivity contribution in [3.05, 3.63) is 29.8 Å². The molecule has 1 fully saturated rings. The van der Waals surface area contributed by atoms with Crippen molar-refractivity contribution in [2.45, 2.75) is 38.8 Å². The maximum Gasteiger partial charge on any atom is 0.317 e. The standard InChI is InChI=1S/C16H21N3O2/c1-12(2)19(14-5-6-14)16(20)18-9-10-21-15-7-3-13(11-17)4-8-15/h3-4,7-8,12,14H,5-6,9-10H2,1-2H3,(H,18,20). The highest BCUT2D eigenvalue weighted by atomic mass is 16.5. The molecular formula is C16H21N3O2. The Bertz CT molecular complexity index is 513. The van der Waals surface area contributed by atoms with Gasteiger partial charge in [-0.25, -0.2) is 4.79 Å². The van der Waals surface area contributed by atoms with Gasteiger partial charge < -0.3 is 15.0 Å². The molecule has 1 aromatic rings. The van der Waals surface area contributed by atoms with Gasteiger partial charge in [0.25, 0.3) is 0 Å². The highest BCUT2D eigenvalue weighted by Crippen LogP contribution is 2.28. The van der Waals surface area contributed by atoms with E-state index in [0.29, 0.717) is 30.5 Å². The third-order valence-corrected chi connectivity index (χ3v) is 3.36. The van der Waals surface area contributed by atoms with Crippen LogP contribution < -0.4 is 10.1 Å². The summed E-state index contributed by atoms with van der Waals surface area (Å²) in [6.07, 6.45) is 2.21. The van der Waals surface area contributed by atoms with Crippen LogP contribution in [-0.4, -0.2) is 36.2 Å². The predicted molar refractivity (Wildman–Crippen MR) is 80.0 cm³/mol. The molecule has 5 heteroatoms. The first-order chi connectivity index (χ1) is 10.1. The van der Waals surface area contributed by atoms with Crippen molar-refractivity contribution in [2.75, 3.05) is 13.2 Å². The number of nitrogens with one attached hydrogen (secondary N) is 1. The zero-order valence-corrected chi connectivity index (χ0v) is 12.5. The van der Waals surface area contributed by atoms with E-state index in [4.69, 9.17) is 10.00 Å². The summed E-state index contributed by atoms with van der Waals surface area (Å²) in [5, 5.41) is 11.6. The Morgan fingerprint density at radius 1 is 1.43 bits per heavy atom. The van der Waals surface area contributed by atoms with Gasteiger partial charge in [-0.2, -0.15) is 5.26 Å². The van der Waals surface area contributed by atoms with Crippen molar-refractivity contribution in [1.29, 1.82) is 5.26 Å². The molecule has 21 heavy (non-hydrogen) atoms. The fourth-order valence-corrected chi connectivity index (χ4v) is 2.22. The molecule has 0 spiro atoms. The fraction of sp³-hybridized carbons (Fsp3) is 0.500. The van der Waals surface area contributed by atoms with Crippen LogP contribution in [0.3, 0.4) is 0 Å². The van der Waals surface area contributed by atoms with Crippen LogP contribution in [0.15, 0.2) is 24.3 Å². The van der Waals surface area contributed by atoms with E-state index < -0.39 is 0 Å². The van der Waals surface area contributed by atoms with E-state index in [2.05, 4.69) is 11.4 Å². The van der Waals surface area contributed by atoms with Gasteiger partial charge in [0.15, 0.2) is 0 Å². The van der Waals surface area contributed by atoms with Crippen LogP contribution >= 0.6 is 0 Å². The highest BCUT2D eigenvalue weighted by Gasteiger charge is 2.33. The van der Waals surface area contributed by atoms with Gasteiger partial charge in [-0.3, -0.25) is 0 Å². The first-order valence-corrected chi connectivity index (χ1v) is 7.31. The van der Waals surface area contributed by atoms with Crippen LogP contribution in [0.2, 0.25) is 0 Å². The summed E-state index contributed by atoms with van der Waals surface area (Å²) in [6.45, 7) is 4.94. The SMILES string of the molecule is CC(C)N(C(=O)NCCOc1ccc(C#N)cc1)C1CC1. The van der Waals surface area contributed by atoms with Gasteiger partial charge in [-0.1, -0.05) is 0 Å². The fourth-order valence-electron chi connectivity index (χ4n) is 2.22. The summed E-state index contributed by atoms with van der Waals surface area (Å²) in [6, 6.07) is 9.60. The number of hydrogen-bond donors (Lipinski definition) is 1. The smallest absolute Gasteiger partial charge is 0.317 e. The minimum absolute atomic E-state index is 0.0177. The number of amides is 2. The quantitative estimate of drug-likeness (QED) is 0.818. The Morgan fingerprint density at radius 2 is 2.10 bits per heavy atom. The average Bonchev–Trinajstić information content (AvgIpc) is 3.28. The lowest BCUT2D eigenvalue weighted by Crippen LogP contribution is -2.46. The first kappa shape index (κ1) is 15.2. The molecular weight excluding hydrogens is 266 g/mol. The van der Waals surface area contributed by atoms with E-state index in [0.717, 1.165) is 12.8 Å². The van der Waals surface area contributed by atoms with Crippen molar-refractivity contribution in [3.8, 4) is 11.8 Å². The number of rotatable bonds is 6. The molecule has 2 amide bonds. The Hall–Kier alpha value is -2.22. The van der Waals surface area contributed by atoms with Gasteiger partial charge in [0, 0.05) is 12.1 Å². The normalized spacial score (nSPS) is 13.6. The van der Waals surface area contributed by atoms with Crippen molar-refractivity contribution in [3.63, 3.8) is 0 Å². The lowest BCUT2D eigenvalue weighted by Gasteiger charge is -2.26. The van der Waals surface area contributed by atoms with Gasteiger partial charge >= 0.3 is 6.03 Å². The molecule has 1 aliphatic rings. The van der Waals surface area contributed by atoms with Crippen LogP contribution in [0.5, 0.6) is 5.75 Å². The molecule has 0 heterocycles. The Labute approximate surface area is 125 Å². The molecule has 112 valence electrons. The van der Waals surface area contributed by atoms with Crippen LogP contribution in [0, 0.1) is 11.3 Å². The number of hydrogen-bond acceptors (Lipinski definition) is 3. The monoisotopic (exact) mass is 287 g/mol. The number of nitrogens with zero attached hydrogens (tertiary/aromatic N) is 2. The lowest BCUT2D eigenvalue weighted by molar-refractivity contribution is 0.177. The molecule has 0 unspecified atom stereocenters. The first-order valence-electron chi connectivity index (χ1n) is 7.31. The number of carbonyl (C=O) groups excluding carboxylic acids is 1.